The van der Waals surface area contributed by atoms with E-state index in [4.69, 9.17) is 11.6 Å². The van der Waals surface area contributed by atoms with Crippen LogP contribution in [0.2, 0.25) is 5.02 Å². The summed E-state index contributed by atoms with van der Waals surface area (Å²) in [5, 5.41) is 5.40. The first-order valence-electron chi connectivity index (χ1n) is 5.69. The highest BCUT2D eigenvalue weighted by molar-refractivity contribution is 7.98. The van der Waals surface area contributed by atoms with Crippen molar-refractivity contribution in [2.24, 2.45) is 0 Å². The monoisotopic (exact) mass is 268 g/mol. The highest BCUT2D eigenvalue weighted by Crippen LogP contribution is 2.26. The SMILES string of the molecule is CSCC(C)NCc1[nH]c2ccccc2c1Cl. The normalized spacial score (nSPS) is 13.1. The Morgan fingerprint density at radius 2 is 2.18 bits per heavy atom. The fraction of sp³-hybridized carbons (Fsp3) is 0.385. The van der Waals surface area contributed by atoms with Gasteiger partial charge in [0, 0.05) is 34.9 Å². The molecule has 0 amide bonds. The highest BCUT2D eigenvalue weighted by atomic mass is 35.5. The number of aromatic nitrogens is 1. The van der Waals surface area contributed by atoms with Crippen LogP contribution in [0.25, 0.3) is 10.9 Å². The average molecular weight is 269 g/mol. The van der Waals surface area contributed by atoms with E-state index >= 15 is 0 Å². The van der Waals surface area contributed by atoms with Gasteiger partial charge < -0.3 is 10.3 Å². The van der Waals surface area contributed by atoms with Crippen molar-refractivity contribution in [1.29, 1.82) is 0 Å². The van der Waals surface area contributed by atoms with Crippen molar-refractivity contribution in [2.75, 3.05) is 12.0 Å². The molecule has 92 valence electrons. The molecule has 1 heterocycles. The van der Waals surface area contributed by atoms with Crippen LogP contribution in [0, 0.1) is 0 Å². The lowest BCUT2D eigenvalue weighted by Crippen LogP contribution is -2.27. The minimum atomic E-state index is 0.493. The summed E-state index contributed by atoms with van der Waals surface area (Å²) in [5.41, 5.74) is 2.17. The van der Waals surface area contributed by atoms with Crippen molar-refractivity contribution in [2.45, 2.75) is 19.5 Å². The molecule has 0 saturated heterocycles. The number of para-hydroxylation sites is 1. The zero-order valence-electron chi connectivity index (χ0n) is 10.1. The fourth-order valence-electron chi connectivity index (χ4n) is 1.87. The molecule has 1 atom stereocenters. The highest BCUT2D eigenvalue weighted by Gasteiger charge is 2.09. The number of fused-ring (bicyclic) bond motifs is 1. The first kappa shape index (κ1) is 12.8. The quantitative estimate of drug-likeness (QED) is 0.866. The molecule has 2 N–H and O–H groups in total. The number of thioether (sulfide) groups is 1. The van der Waals surface area contributed by atoms with Crippen LogP contribution in [0.15, 0.2) is 24.3 Å². The summed E-state index contributed by atoms with van der Waals surface area (Å²) in [4.78, 5) is 3.36. The summed E-state index contributed by atoms with van der Waals surface area (Å²) in [6.45, 7) is 2.97. The second kappa shape index (κ2) is 5.80. The third-order valence-electron chi connectivity index (χ3n) is 2.76. The number of hydrogen-bond acceptors (Lipinski definition) is 2. The predicted molar refractivity (Wildman–Crippen MR) is 78.0 cm³/mol. The van der Waals surface area contributed by atoms with Gasteiger partial charge in [-0.15, -0.1) is 0 Å². The molecule has 0 aliphatic rings. The molecule has 0 aliphatic heterocycles. The van der Waals surface area contributed by atoms with Crippen LogP contribution in [0.5, 0.6) is 0 Å². The van der Waals surface area contributed by atoms with Crippen LogP contribution in [0.1, 0.15) is 12.6 Å². The molecule has 2 aromatic rings. The summed E-state index contributed by atoms with van der Waals surface area (Å²) in [6, 6.07) is 8.62. The lowest BCUT2D eigenvalue weighted by Gasteiger charge is -2.11. The predicted octanol–water partition coefficient (Wildman–Crippen LogP) is 3.66. The molecule has 0 saturated carbocycles. The largest absolute Gasteiger partial charge is 0.356 e. The maximum absolute atomic E-state index is 6.34. The summed E-state index contributed by atoms with van der Waals surface area (Å²) >= 11 is 8.19. The Hall–Kier alpha value is -0.640. The van der Waals surface area contributed by atoms with Crippen LogP contribution in [0.4, 0.5) is 0 Å². The minimum absolute atomic E-state index is 0.493. The number of hydrogen-bond donors (Lipinski definition) is 2. The molecule has 2 rings (SSSR count). The number of halogens is 1. The number of nitrogens with one attached hydrogen (secondary N) is 2. The minimum Gasteiger partial charge on any atom is -0.356 e. The molecule has 0 spiro atoms. The lowest BCUT2D eigenvalue weighted by molar-refractivity contribution is 0.590. The second-order valence-corrected chi connectivity index (χ2v) is 5.49. The van der Waals surface area contributed by atoms with Crippen LogP contribution in [0.3, 0.4) is 0 Å². The Balaban J connectivity index is 2.11. The zero-order valence-corrected chi connectivity index (χ0v) is 11.7. The van der Waals surface area contributed by atoms with Crippen LogP contribution < -0.4 is 5.32 Å². The molecule has 0 bridgehead atoms. The van der Waals surface area contributed by atoms with E-state index in [1.165, 1.54) is 0 Å². The third kappa shape index (κ3) is 2.97. The molecule has 2 nitrogen and oxygen atoms in total. The van der Waals surface area contributed by atoms with E-state index in [0.717, 1.165) is 33.9 Å². The van der Waals surface area contributed by atoms with Gasteiger partial charge in [-0.25, -0.2) is 0 Å². The van der Waals surface area contributed by atoms with Crippen LogP contribution >= 0.6 is 23.4 Å². The summed E-state index contributed by atoms with van der Waals surface area (Å²) < 4.78 is 0. The fourth-order valence-corrected chi connectivity index (χ4v) is 2.77. The van der Waals surface area contributed by atoms with E-state index < -0.39 is 0 Å². The van der Waals surface area contributed by atoms with Gasteiger partial charge >= 0.3 is 0 Å². The molecule has 0 aliphatic carbocycles. The molecule has 4 heteroatoms. The summed E-state index contributed by atoms with van der Waals surface area (Å²) in [7, 11) is 0. The first-order valence-corrected chi connectivity index (χ1v) is 7.47. The Labute approximate surface area is 111 Å². The van der Waals surface area contributed by atoms with Gasteiger partial charge in [0.05, 0.1) is 5.02 Å². The molecule has 1 aromatic heterocycles. The standard InChI is InChI=1S/C13H17ClN2S/c1-9(8-17-2)15-7-12-13(14)10-5-3-4-6-11(10)16-12/h3-6,9,15-16H,7-8H2,1-2H3. The molecule has 17 heavy (non-hydrogen) atoms. The molecule has 0 radical (unpaired) electrons. The van der Waals surface area contributed by atoms with Crippen molar-refractivity contribution in [3.63, 3.8) is 0 Å². The van der Waals surface area contributed by atoms with E-state index in [2.05, 4.69) is 29.5 Å². The van der Waals surface area contributed by atoms with Gasteiger partial charge in [0.1, 0.15) is 0 Å². The van der Waals surface area contributed by atoms with Crippen molar-refractivity contribution in [1.82, 2.24) is 10.3 Å². The second-order valence-electron chi connectivity index (χ2n) is 4.20. The number of benzene rings is 1. The van der Waals surface area contributed by atoms with Crippen LogP contribution in [-0.4, -0.2) is 23.0 Å². The molecule has 1 aromatic carbocycles. The van der Waals surface area contributed by atoms with E-state index in [9.17, 15) is 0 Å². The smallest absolute Gasteiger partial charge is 0.0705 e. The zero-order chi connectivity index (χ0) is 12.3. The van der Waals surface area contributed by atoms with Gasteiger partial charge in [0.25, 0.3) is 0 Å². The van der Waals surface area contributed by atoms with E-state index in [1.807, 2.05) is 30.0 Å². The number of rotatable bonds is 5. The number of aromatic amines is 1. The van der Waals surface area contributed by atoms with E-state index in [0.29, 0.717) is 6.04 Å². The molecular formula is C13H17ClN2S. The van der Waals surface area contributed by atoms with Gasteiger partial charge in [0.2, 0.25) is 0 Å². The maximum atomic E-state index is 6.34. The van der Waals surface area contributed by atoms with Crippen molar-refractivity contribution < 1.29 is 0 Å². The van der Waals surface area contributed by atoms with Gasteiger partial charge in [-0.2, -0.15) is 11.8 Å². The average Bonchev–Trinajstić information content (AvgIpc) is 2.65. The number of H-pyrrole nitrogens is 1. The van der Waals surface area contributed by atoms with E-state index in [-0.39, 0.29) is 0 Å². The molecular weight excluding hydrogens is 252 g/mol. The van der Waals surface area contributed by atoms with E-state index in [1.54, 1.807) is 0 Å². The van der Waals surface area contributed by atoms with Gasteiger partial charge in [0.15, 0.2) is 0 Å². The molecule has 1 unspecified atom stereocenters. The summed E-state index contributed by atoms with van der Waals surface area (Å²) in [5.74, 6) is 1.11. The van der Waals surface area contributed by atoms with Crippen molar-refractivity contribution in [3.05, 3.63) is 35.0 Å². The lowest BCUT2D eigenvalue weighted by atomic mass is 10.2. The Morgan fingerprint density at radius 1 is 1.41 bits per heavy atom. The first-order chi connectivity index (χ1) is 8.22. The Bertz CT molecular complexity index is 495. The van der Waals surface area contributed by atoms with Gasteiger partial charge in [-0.1, -0.05) is 29.8 Å². The van der Waals surface area contributed by atoms with Gasteiger partial charge in [-0.3, -0.25) is 0 Å². The Morgan fingerprint density at radius 3 is 2.88 bits per heavy atom. The maximum Gasteiger partial charge on any atom is 0.0705 e. The molecule has 0 fully saturated rings. The summed E-state index contributed by atoms with van der Waals surface area (Å²) in [6.07, 6.45) is 2.12. The topological polar surface area (TPSA) is 27.8 Å². The third-order valence-corrected chi connectivity index (χ3v) is 4.02. The van der Waals surface area contributed by atoms with Crippen molar-refractivity contribution in [3.8, 4) is 0 Å². The van der Waals surface area contributed by atoms with Gasteiger partial charge in [-0.05, 0) is 19.2 Å². The Kier molecular flexibility index (Phi) is 4.37. The van der Waals surface area contributed by atoms with Crippen molar-refractivity contribution >= 4 is 34.3 Å². The van der Waals surface area contributed by atoms with Crippen LogP contribution in [-0.2, 0) is 6.54 Å².